The number of hydrogen-bond donors (Lipinski definition) is 1. The molecule has 0 aromatic heterocycles. The summed E-state index contributed by atoms with van der Waals surface area (Å²) < 4.78 is 0. The van der Waals surface area contributed by atoms with Gasteiger partial charge in [0.25, 0.3) is 0 Å². The van der Waals surface area contributed by atoms with Crippen molar-refractivity contribution in [3.63, 3.8) is 0 Å². The Labute approximate surface area is 117 Å². The van der Waals surface area contributed by atoms with Crippen molar-refractivity contribution in [2.24, 2.45) is 5.92 Å². The van der Waals surface area contributed by atoms with Gasteiger partial charge in [0, 0.05) is 6.04 Å². The Morgan fingerprint density at radius 2 is 1.74 bits per heavy atom. The first-order valence-electron chi connectivity index (χ1n) is 7.42. The lowest BCUT2D eigenvalue weighted by Gasteiger charge is -2.22. The fraction of sp³-hybridized carbons (Fsp3) is 0.444. The number of rotatable bonds is 6. The summed E-state index contributed by atoms with van der Waals surface area (Å²) in [6.45, 7) is 7.97. The second-order valence-corrected chi connectivity index (χ2v) is 5.56. The van der Waals surface area contributed by atoms with Crippen LogP contribution in [-0.4, -0.2) is 12.6 Å². The molecule has 2 unspecified atom stereocenters. The van der Waals surface area contributed by atoms with E-state index in [1.54, 1.807) is 0 Å². The van der Waals surface area contributed by atoms with Crippen molar-refractivity contribution in [2.75, 3.05) is 6.54 Å². The zero-order chi connectivity index (χ0) is 13.7. The van der Waals surface area contributed by atoms with Gasteiger partial charge in [-0.2, -0.15) is 0 Å². The van der Waals surface area contributed by atoms with E-state index in [9.17, 15) is 0 Å². The van der Waals surface area contributed by atoms with Crippen molar-refractivity contribution in [2.45, 2.75) is 39.7 Å². The van der Waals surface area contributed by atoms with Crippen LogP contribution >= 0.6 is 0 Å². The third-order valence-corrected chi connectivity index (χ3v) is 3.99. The molecule has 2 atom stereocenters. The molecule has 0 fully saturated rings. The minimum absolute atomic E-state index is 0.568. The van der Waals surface area contributed by atoms with E-state index in [0.29, 0.717) is 12.0 Å². The summed E-state index contributed by atoms with van der Waals surface area (Å²) >= 11 is 0. The Hall–Kier alpha value is -1.34. The smallest absolute Gasteiger partial charge is 0.00675 e. The highest BCUT2D eigenvalue weighted by molar-refractivity contribution is 5.85. The second kappa shape index (κ2) is 6.72. The predicted molar refractivity (Wildman–Crippen MR) is 84.6 cm³/mol. The molecular weight excluding hydrogens is 230 g/mol. The molecule has 0 heterocycles. The summed E-state index contributed by atoms with van der Waals surface area (Å²) in [4.78, 5) is 0. The molecule has 0 saturated carbocycles. The summed E-state index contributed by atoms with van der Waals surface area (Å²) in [6, 6.07) is 15.9. The first-order chi connectivity index (χ1) is 9.22. The molecular formula is C18H25N. The van der Waals surface area contributed by atoms with Crippen LogP contribution in [0.2, 0.25) is 0 Å². The number of fused-ring (bicyclic) bond motifs is 1. The van der Waals surface area contributed by atoms with E-state index in [2.05, 4.69) is 68.6 Å². The maximum absolute atomic E-state index is 3.60. The standard InChI is InChI=1S/C18H25N/c1-4-12-19-15(3)14(2)13-17-10-7-9-16-8-5-6-11-18(16)17/h5-11,14-15,19H,4,12-13H2,1-3H3. The lowest BCUT2D eigenvalue weighted by molar-refractivity contribution is 0.400. The average molecular weight is 255 g/mol. The Morgan fingerprint density at radius 1 is 1.00 bits per heavy atom. The SMILES string of the molecule is CCCNC(C)C(C)Cc1cccc2ccccc12. The van der Waals surface area contributed by atoms with Gasteiger partial charge in [0.15, 0.2) is 0 Å². The van der Waals surface area contributed by atoms with Gasteiger partial charge in [-0.25, -0.2) is 0 Å². The van der Waals surface area contributed by atoms with Crippen LogP contribution in [0.3, 0.4) is 0 Å². The molecule has 102 valence electrons. The van der Waals surface area contributed by atoms with Crippen LogP contribution < -0.4 is 5.32 Å². The highest BCUT2D eigenvalue weighted by atomic mass is 14.9. The number of nitrogens with one attached hydrogen (secondary N) is 1. The van der Waals surface area contributed by atoms with Crippen LogP contribution in [0.25, 0.3) is 10.8 Å². The Bertz CT molecular complexity index is 513. The summed E-state index contributed by atoms with van der Waals surface area (Å²) in [7, 11) is 0. The van der Waals surface area contributed by atoms with Crippen molar-refractivity contribution >= 4 is 10.8 Å². The quantitative estimate of drug-likeness (QED) is 0.806. The molecule has 19 heavy (non-hydrogen) atoms. The van der Waals surface area contributed by atoms with E-state index in [1.165, 1.54) is 22.8 Å². The fourth-order valence-corrected chi connectivity index (χ4v) is 2.57. The van der Waals surface area contributed by atoms with Crippen LogP contribution in [0.4, 0.5) is 0 Å². The monoisotopic (exact) mass is 255 g/mol. The van der Waals surface area contributed by atoms with Crippen LogP contribution in [0.15, 0.2) is 42.5 Å². The van der Waals surface area contributed by atoms with E-state index in [0.717, 1.165) is 13.0 Å². The van der Waals surface area contributed by atoms with Crippen molar-refractivity contribution < 1.29 is 0 Å². The molecule has 0 radical (unpaired) electrons. The first-order valence-corrected chi connectivity index (χ1v) is 7.42. The molecule has 2 aromatic carbocycles. The minimum Gasteiger partial charge on any atom is -0.314 e. The van der Waals surface area contributed by atoms with Gasteiger partial charge in [0.1, 0.15) is 0 Å². The largest absolute Gasteiger partial charge is 0.314 e. The zero-order valence-corrected chi connectivity index (χ0v) is 12.3. The molecule has 2 rings (SSSR count). The molecule has 0 saturated heterocycles. The van der Waals surface area contributed by atoms with E-state index < -0.39 is 0 Å². The summed E-state index contributed by atoms with van der Waals surface area (Å²) in [6.07, 6.45) is 2.34. The molecule has 0 aliphatic rings. The first kappa shape index (κ1) is 14.1. The molecule has 0 bridgehead atoms. The van der Waals surface area contributed by atoms with Gasteiger partial charge in [0.2, 0.25) is 0 Å². The van der Waals surface area contributed by atoms with Crippen LogP contribution in [-0.2, 0) is 6.42 Å². The fourth-order valence-electron chi connectivity index (χ4n) is 2.57. The zero-order valence-electron chi connectivity index (χ0n) is 12.3. The minimum atomic E-state index is 0.568. The van der Waals surface area contributed by atoms with Gasteiger partial charge in [-0.15, -0.1) is 0 Å². The molecule has 0 spiro atoms. The average Bonchev–Trinajstić information content (AvgIpc) is 2.45. The molecule has 2 aromatic rings. The topological polar surface area (TPSA) is 12.0 Å². The summed E-state index contributed by atoms with van der Waals surface area (Å²) in [5, 5.41) is 6.35. The normalized spacial score (nSPS) is 14.5. The van der Waals surface area contributed by atoms with Crippen molar-refractivity contribution in [3.8, 4) is 0 Å². The second-order valence-electron chi connectivity index (χ2n) is 5.56. The third-order valence-electron chi connectivity index (χ3n) is 3.99. The number of hydrogen-bond acceptors (Lipinski definition) is 1. The van der Waals surface area contributed by atoms with Gasteiger partial charge < -0.3 is 5.32 Å². The lowest BCUT2D eigenvalue weighted by Crippen LogP contribution is -2.33. The summed E-state index contributed by atoms with van der Waals surface area (Å²) in [5.41, 5.74) is 1.47. The number of benzene rings is 2. The lowest BCUT2D eigenvalue weighted by atomic mass is 9.92. The third kappa shape index (κ3) is 3.57. The van der Waals surface area contributed by atoms with Gasteiger partial charge in [0.05, 0.1) is 0 Å². The Kier molecular flexibility index (Phi) is 4.98. The maximum atomic E-state index is 3.60. The van der Waals surface area contributed by atoms with Gasteiger partial charge >= 0.3 is 0 Å². The van der Waals surface area contributed by atoms with Gasteiger partial charge in [-0.05, 0) is 48.6 Å². The Morgan fingerprint density at radius 3 is 2.53 bits per heavy atom. The highest BCUT2D eigenvalue weighted by Gasteiger charge is 2.13. The molecule has 1 N–H and O–H groups in total. The predicted octanol–water partition coefficient (Wildman–Crippen LogP) is 4.41. The molecule has 0 amide bonds. The van der Waals surface area contributed by atoms with E-state index in [4.69, 9.17) is 0 Å². The van der Waals surface area contributed by atoms with Crippen molar-refractivity contribution in [1.82, 2.24) is 5.32 Å². The molecule has 0 aliphatic heterocycles. The maximum Gasteiger partial charge on any atom is 0.00675 e. The van der Waals surface area contributed by atoms with Crippen molar-refractivity contribution in [3.05, 3.63) is 48.0 Å². The molecule has 1 nitrogen and oxygen atoms in total. The van der Waals surface area contributed by atoms with Crippen LogP contribution in [0.1, 0.15) is 32.8 Å². The van der Waals surface area contributed by atoms with E-state index >= 15 is 0 Å². The summed E-state index contributed by atoms with van der Waals surface area (Å²) in [5.74, 6) is 0.650. The van der Waals surface area contributed by atoms with Gasteiger partial charge in [-0.1, -0.05) is 56.3 Å². The highest BCUT2D eigenvalue weighted by Crippen LogP contribution is 2.22. The molecule has 0 aliphatic carbocycles. The van der Waals surface area contributed by atoms with Gasteiger partial charge in [-0.3, -0.25) is 0 Å². The van der Waals surface area contributed by atoms with Crippen LogP contribution in [0, 0.1) is 5.92 Å². The molecule has 1 heteroatoms. The van der Waals surface area contributed by atoms with Crippen molar-refractivity contribution in [1.29, 1.82) is 0 Å². The Balaban J connectivity index is 2.12. The van der Waals surface area contributed by atoms with E-state index in [1.807, 2.05) is 0 Å². The van der Waals surface area contributed by atoms with E-state index in [-0.39, 0.29) is 0 Å². The van der Waals surface area contributed by atoms with Crippen LogP contribution in [0.5, 0.6) is 0 Å².